The summed E-state index contributed by atoms with van der Waals surface area (Å²) in [4.78, 5) is 28.6. The SMILES string of the molecule is COC(=O)Nc1cc/c2c(c1)=NC(=O)CCCCC(c1ccc(-c3c(F)ccc(Cl)c3F)c[n+]1[O-])C1=C\C=2N(O)C=C1F. The molecule has 2 aliphatic rings. The van der Waals surface area contributed by atoms with Gasteiger partial charge in [0.05, 0.1) is 46.4 Å². The molecular weight excluding hydrogens is 589 g/mol. The summed E-state index contributed by atoms with van der Waals surface area (Å²) in [5.41, 5.74) is -0.0826. The van der Waals surface area contributed by atoms with Gasteiger partial charge in [0.1, 0.15) is 11.6 Å². The van der Waals surface area contributed by atoms with E-state index in [0.717, 1.165) is 24.5 Å². The highest BCUT2D eigenvalue weighted by Crippen LogP contribution is 2.38. The minimum Gasteiger partial charge on any atom is -0.618 e. The van der Waals surface area contributed by atoms with Crippen LogP contribution in [0.4, 0.5) is 23.7 Å². The summed E-state index contributed by atoms with van der Waals surface area (Å²) in [6, 6.07) is 9.14. The molecule has 222 valence electrons. The van der Waals surface area contributed by atoms with E-state index in [9.17, 15) is 28.8 Å². The average Bonchev–Trinajstić information content (AvgIpc) is 2.96. The van der Waals surface area contributed by atoms with Gasteiger partial charge in [0.25, 0.3) is 0 Å². The highest BCUT2D eigenvalue weighted by atomic mass is 35.5. The number of halogens is 4. The van der Waals surface area contributed by atoms with Crippen molar-refractivity contribution in [2.45, 2.75) is 31.6 Å². The lowest BCUT2D eigenvalue weighted by Crippen LogP contribution is -2.36. The van der Waals surface area contributed by atoms with E-state index in [2.05, 4.69) is 15.0 Å². The molecular formula is C30H24ClF3N4O5. The van der Waals surface area contributed by atoms with Gasteiger partial charge in [-0.1, -0.05) is 18.0 Å². The molecule has 0 fully saturated rings. The number of ether oxygens (including phenoxy) is 1. The molecule has 1 atom stereocenters. The Hall–Kier alpha value is -4.68. The number of fused-ring (bicyclic) bond motifs is 2. The van der Waals surface area contributed by atoms with Gasteiger partial charge in [-0.3, -0.25) is 15.3 Å². The Kier molecular flexibility index (Phi) is 8.51. The molecule has 1 aromatic heterocycles. The molecule has 2 N–H and O–H groups in total. The molecule has 0 saturated heterocycles. The van der Waals surface area contributed by atoms with E-state index in [0.29, 0.717) is 22.6 Å². The van der Waals surface area contributed by atoms with Crippen LogP contribution in [0.5, 0.6) is 0 Å². The monoisotopic (exact) mass is 612 g/mol. The van der Waals surface area contributed by atoms with Crippen LogP contribution in [0, 0.1) is 16.8 Å². The van der Waals surface area contributed by atoms with Gasteiger partial charge < -0.3 is 9.94 Å². The lowest BCUT2D eigenvalue weighted by molar-refractivity contribution is -0.614. The highest BCUT2D eigenvalue weighted by molar-refractivity contribution is 6.31. The third kappa shape index (κ3) is 6.11. The van der Waals surface area contributed by atoms with Crippen LogP contribution >= 0.6 is 11.6 Å². The zero-order chi connectivity index (χ0) is 30.8. The summed E-state index contributed by atoms with van der Waals surface area (Å²) in [7, 11) is 1.19. The number of nitrogens with zero attached hydrogens (tertiary/aromatic N) is 3. The van der Waals surface area contributed by atoms with E-state index in [1.807, 2.05) is 0 Å². The number of anilines is 1. The number of carbonyl (C=O) groups excluding carboxylic acids is 2. The number of methoxy groups -OCH3 is 1. The van der Waals surface area contributed by atoms with Gasteiger partial charge in [-0.25, -0.2) is 28.0 Å². The number of hydroxylamine groups is 2. The summed E-state index contributed by atoms with van der Waals surface area (Å²) in [6.07, 6.45) is 3.45. The summed E-state index contributed by atoms with van der Waals surface area (Å²) in [6.45, 7) is 0. The van der Waals surface area contributed by atoms with Gasteiger partial charge >= 0.3 is 6.09 Å². The maximum Gasteiger partial charge on any atom is 0.411 e. The topological polar surface area (TPSA) is 118 Å². The van der Waals surface area contributed by atoms with Crippen LogP contribution < -0.4 is 20.6 Å². The molecule has 13 heteroatoms. The lowest BCUT2D eigenvalue weighted by atomic mass is 9.86. The molecule has 1 unspecified atom stereocenters. The number of pyridine rings is 1. The summed E-state index contributed by atoms with van der Waals surface area (Å²) >= 11 is 5.82. The summed E-state index contributed by atoms with van der Waals surface area (Å²) in [5.74, 6) is -4.08. The molecule has 0 radical (unpaired) electrons. The number of amides is 2. The second-order valence-electron chi connectivity index (χ2n) is 9.85. The van der Waals surface area contributed by atoms with E-state index < -0.39 is 40.9 Å². The Morgan fingerprint density at radius 1 is 1.19 bits per heavy atom. The predicted molar refractivity (Wildman–Crippen MR) is 150 cm³/mol. The van der Waals surface area contributed by atoms with Crippen LogP contribution in [0.1, 0.15) is 37.3 Å². The molecule has 2 aliphatic heterocycles. The number of aromatic nitrogens is 1. The zero-order valence-electron chi connectivity index (χ0n) is 22.6. The van der Waals surface area contributed by atoms with Crippen molar-refractivity contribution in [3.8, 4) is 11.1 Å². The van der Waals surface area contributed by atoms with Gasteiger partial charge in [-0.05, 0) is 55.3 Å². The minimum atomic E-state index is -1.02. The number of hydrogen-bond donors (Lipinski definition) is 2. The fourth-order valence-electron chi connectivity index (χ4n) is 5.07. The van der Waals surface area contributed by atoms with E-state index >= 15 is 4.39 Å². The van der Waals surface area contributed by atoms with Crippen molar-refractivity contribution in [2.24, 2.45) is 4.99 Å². The van der Waals surface area contributed by atoms with Gasteiger partial charge in [-0.15, -0.1) is 0 Å². The smallest absolute Gasteiger partial charge is 0.411 e. The average molecular weight is 613 g/mol. The largest absolute Gasteiger partial charge is 0.618 e. The van der Waals surface area contributed by atoms with Gasteiger partial charge in [-0.2, -0.15) is 4.73 Å². The van der Waals surface area contributed by atoms with Crippen molar-refractivity contribution in [1.29, 1.82) is 0 Å². The second-order valence-corrected chi connectivity index (χ2v) is 10.3. The third-order valence-electron chi connectivity index (χ3n) is 7.14. The van der Waals surface area contributed by atoms with Crippen LogP contribution in [0.3, 0.4) is 0 Å². The molecule has 0 aliphatic carbocycles. The first-order valence-electron chi connectivity index (χ1n) is 13.1. The molecule has 2 aromatic carbocycles. The van der Waals surface area contributed by atoms with Crippen molar-refractivity contribution < 1.29 is 37.4 Å². The maximum atomic E-state index is 15.5. The van der Waals surface area contributed by atoms with E-state index in [4.69, 9.17) is 11.6 Å². The van der Waals surface area contributed by atoms with Crippen LogP contribution in [0.25, 0.3) is 16.8 Å². The molecule has 9 nitrogen and oxygen atoms in total. The number of rotatable bonds is 3. The van der Waals surface area contributed by atoms with E-state index in [1.54, 1.807) is 0 Å². The predicted octanol–water partition coefficient (Wildman–Crippen LogP) is 5.15. The van der Waals surface area contributed by atoms with Crippen molar-refractivity contribution >= 4 is 35.0 Å². The van der Waals surface area contributed by atoms with Crippen LogP contribution in [-0.4, -0.2) is 29.4 Å². The van der Waals surface area contributed by atoms with Crippen molar-refractivity contribution in [1.82, 2.24) is 5.06 Å². The Morgan fingerprint density at radius 3 is 2.72 bits per heavy atom. The molecule has 3 aromatic rings. The summed E-state index contributed by atoms with van der Waals surface area (Å²) < 4.78 is 49.7. The molecule has 0 spiro atoms. The molecule has 2 bridgehead atoms. The number of allylic oxidation sites excluding steroid dienone is 2. The molecule has 2 amide bonds. The number of carbonyl (C=O) groups is 2. The Labute approximate surface area is 248 Å². The zero-order valence-corrected chi connectivity index (χ0v) is 23.4. The first-order chi connectivity index (χ1) is 20.6. The molecule has 3 heterocycles. The van der Waals surface area contributed by atoms with Crippen molar-refractivity contribution in [3.63, 3.8) is 0 Å². The fourth-order valence-corrected chi connectivity index (χ4v) is 5.23. The minimum absolute atomic E-state index is 0.0417. The van der Waals surface area contributed by atoms with E-state index in [1.165, 1.54) is 43.5 Å². The fraction of sp³-hybridized carbons (Fsp3) is 0.200. The maximum absolute atomic E-state index is 15.5. The Bertz CT molecular complexity index is 1830. The third-order valence-corrected chi connectivity index (χ3v) is 7.44. The van der Waals surface area contributed by atoms with Crippen molar-refractivity contribution in [2.75, 3.05) is 12.4 Å². The standard InChI is InChI=1S/C30H24ClF3N4O5/c1-43-30(40)35-17-7-8-19-24(12-17)36-27(39)5-3-2-4-18(20-13-26(19)38(42)15-23(20)33)25-11-6-16(14-37(25)41)28-22(32)10-9-21(31)29(28)34/h6-15,18,42H,2-5H2,1H3,(H,35,40)/b26-19+,36-24?. The van der Waals surface area contributed by atoms with Gasteiger partial charge in [0.15, 0.2) is 17.7 Å². The summed E-state index contributed by atoms with van der Waals surface area (Å²) in [5, 5.41) is 27.0. The van der Waals surface area contributed by atoms with E-state index in [-0.39, 0.29) is 56.7 Å². The van der Waals surface area contributed by atoms with Crippen LogP contribution in [-0.2, 0) is 9.53 Å². The highest BCUT2D eigenvalue weighted by Gasteiger charge is 2.31. The van der Waals surface area contributed by atoms with Gasteiger partial charge in [0.2, 0.25) is 5.91 Å². The van der Waals surface area contributed by atoms with Crippen LogP contribution in [0.15, 0.2) is 77.3 Å². The second kappa shape index (κ2) is 12.3. The number of nitrogens with one attached hydrogen (secondary N) is 1. The molecule has 43 heavy (non-hydrogen) atoms. The van der Waals surface area contributed by atoms with Crippen LogP contribution in [0.2, 0.25) is 5.02 Å². The first-order valence-corrected chi connectivity index (χ1v) is 13.5. The molecule has 0 saturated carbocycles. The normalized spacial score (nSPS) is 18.3. The Morgan fingerprint density at radius 2 is 1.98 bits per heavy atom. The number of benzene rings is 2. The quantitative estimate of drug-likeness (QED) is 0.240. The first kappa shape index (κ1) is 29.8. The lowest BCUT2D eigenvalue weighted by Gasteiger charge is -2.25. The van der Waals surface area contributed by atoms with Crippen molar-refractivity contribution in [3.05, 3.63) is 110 Å². The van der Waals surface area contributed by atoms with Gasteiger partial charge in [0, 0.05) is 29.0 Å². The molecule has 5 rings (SSSR count). The number of hydrogen-bond acceptors (Lipinski definition) is 6. The Balaban J connectivity index is 1.67.